The molecule has 0 spiro atoms. The van der Waals surface area contributed by atoms with Gasteiger partial charge >= 0.3 is 6.69 Å². The van der Waals surface area contributed by atoms with Crippen LogP contribution in [0.15, 0.2) is 108 Å². The van der Waals surface area contributed by atoms with Gasteiger partial charge in [0.15, 0.2) is 11.5 Å². The van der Waals surface area contributed by atoms with E-state index in [4.69, 9.17) is 33.4 Å². The lowest BCUT2D eigenvalue weighted by atomic mass is 9.60. The Balaban J connectivity index is 1.50. The Morgan fingerprint density at radius 3 is 2.04 bits per heavy atom. The van der Waals surface area contributed by atoms with E-state index < -0.39 is 6.69 Å². The first kappa shape index (κ1) is 32.8. The van der Waals surface area contributed by atoms with Crippen LogP contribution in [0, 0.1) is 5.92 Å². The summed E-state index contributed by atoms with van der Waals surface area (Å²) < 4.78 is 38.1. The fraction of sp³-hybridized carbons (Fsp3) is 0.325. The maximum atomic E-state index is 7.53. The molecule has 8 nitrogen and oxygen atoms in total. The molecule has 2 heterocycles. The molecule has 2 fully saturated rings. The van der Waals surface area contributed by atoms with Crippen molar-refractivity contribution < 1.29 is 32.8 Å². The number of methoxy groups -OCH3 is 4. The van der Waals surface area contributed by atoms with E-state index in [1.165, 1.54) is 19.3 Å². The fourth-order valence-corrected chi connectivity index (χ4v) is 8.05. The van der Waals surface area contributed by atoms with E-state index in [0.29, 0.717) is 29.1 Å². The van der Waals surface area contributed by atoms with Crippen molar-refractivity contribution in [3.8, 4) is 23.0 Å². The lowest BCUT2D eigenvalue weighted by Crippen LogP contribution is -2.71. The molecule has 1 saturated carbocycles. The standard InChI is InChI=1S/C40H45BN2O6/c1-44-34-23-21-32(22-24-34)40-42-43(28-30-16-10-6-11-17-30)35(25-20-29-14-8-5-9-15-29)38(31-18-12-7-13-19-31)48-41(43,49-40)33-26-36(45-2)39(47-4)37(27-33)46-3/h5,7-9,12-15,18-27,30,35,38H,6,10-11,16-17,28H2,1-4H3/b25-20+/t35-,38+,41?,43+/m0/s1. The lowest BCUT2D eigenvalue weighted by Gasteiger charge is -2.47. The van der Waals surface area contributed by atoms with E-state index in [-0.39, 0.29) is 16.6 Å². The van der Waals surface area contributed by atoms with Crippen LogP contribution in [0.25, 0.3) is 6.08 Å². The predicted molar refractivity (Wildman–Crippen MR) is 193 cm³/mol. The van der Waals surface area contributed by atoms with Gasteiger partial charge in [0.1, 0.15) is 17.9 Å². The monoisotopic (exact) mass is 660 g/mol. The number of benzene rings is 4. The average Bonchev–Trinajstić information content (AvgIpc) is 3.62. The third kappa shape index (κ3) is 5.95. The molecular weight excluding hydrogens is 615 g/mol. The predicted octanol–water partition coefficient (Wildman–Crippen LogP) is 7.51. The van der Waals surface area contributed by atoms with Crippen LogP contribution in [0.2, 0.25) is 0 Å². The molecule has 1 unspecified atom stereocenters. The van der Waals surface area contributed by atoms with E-state index >= 15 is 0 Å². The number of nitrogens with zero attached hydrogens (tertiary/aromatic N) is 2. The molecule has 4 aromatic carbocycles. The highest BCUT2D eigenvalue weighted by atomic mass is 16.7. The van der Waals surface area contributed by atoms with Gasteiger partial charge < -0.3 is 32.8 Å². The maximum absolute atomic E-state index is 7.53. The summed E-state index contributed by atoms with van der Waals surface area (Å²) in [6.45, 7) is -1.64. The Hall–Kier alpha value is -4.73. The average molecular weight is 661 g/mol. The summed E-state index contributed by atoms with van der Waals surface area (Å²) in [7, 11) is 6.56. The first-order valence-electron chi connectivity index (χ1n) is 17.3. The Morgan fingerprint density at radius 1 is 0.776 bits per heavy atom. The van der Waals surface area contributed by atoms with Gasteiger partial charge in [0, 0.05) is 11.5 Å². The van der Waals surface area contributed by atoms with Crippen molar-refractivity contribution in [2.24, 2.45) is 11.0 Å². The summed E-state index contributed by atoms with van der Waals surface area (Å²) in [6, 6.07) is 32.5. The molecule has 7 rings (SSSR count). The fourth-order valence-electron chi connectivity index (χ4n) is 8.05. The zero-order valence-electron chi connectivity index (χ0n) is 28.8. The second-order valence-electron chi connectivity index (χ2n) is 13.2. The first-order valence-corrected chi connectivity index (χ1v) is 17.3. The minimum absolute atomic E-state index is 0.223. The van der Waals surface area contributed by atoms with Gasteiger partial charge in [-0.1, -0.05) is 96.6 Å². The Morgan fingerprint density at radius 2 is 1.43 bits per heavy atom. The summed E-state index contributed by atoms with van der Waals surface area (Å²) in [6.07, 6.45) is 10.1. The molecule has 49 heavy (non-hydrogen) atoms. The second-order valence-corrected chi connectivity index (χ2v) is 13.2. The minimum atomic E-state index is -2.39. The number of rotatable bonds is 11. The van der Waals surface area contributed by atoms with E-state index in [1.54, 1.807) is 28.4 Å². The molecule has 4 atom stereocenters. The molecule has 0 bridgehead atoms. The molecule has 4 aromatic rings. The highest BCUT2D eigenvalue weighted by molar-refractivity contribution is 6.77. The molecule has 2 aliphatic heterocycles. The molecule has 254 valence electrons. The smallest absolute Gasteiger partial charge is 0.583 e. The van der Waals surface area contributed by atoms with Gasteiger partial charge in [-0.2, -0.15) is 0 Å². The zero-order chi connectivity index (χ0) is 33.8. The van der Waals surface area contributed by atoms with Crippen molar-refractivity contribution in [2.45, 2.75) is 44.2 Å². The summed E-state index contributed by atoms with van der Waals surface area (Å²) in [5.41, 5.74) is 3.84. The normalized spacial score (nSPS) is 25.0. The van der Waals surface area contributed by atoms with E-state index in [0.717, 1.165) is 47.3 Å². The van der Waals surface area contributed by atoms with Gasteiger partial charge in [0.25, 0.3) is 0 Å². The van der Waals surface area contributed by atoms with Gasteiger partial charge in [-0.15, -0.1) is 0 Å². The number of fused-ring (bicyclic) bond motifs is 1. The van der Waals surface area contributed by atoms with Crippen molar-refractivity contribution in [1.29, 1.82) is 0 Å². The van der Waals surface area contributed by atoms with Gasteiger partial charge in [-0.05, 0) is 66.4 Å². The van der Waals surface area contributed by atoms with Crippen LogP contribution in [0.3, 0.4) is 0 Å². The number of quaternary nitrogens is 1. The SMILES string of the molecule is COc1ccc(C2=N[N@+]3(CC4CCCCC4)[C@@H](/C=C/c4ccccc4)[C@@H](c4ccccc4)O[B-]3(c3cc(OC)c(OC)c(OC)c3)O2)cc1. The van der Waals surface area contributed by atoms with Gasteiger partial charge in [-0.25, -0.2) is 0 Å². The number of hydrogen-bond acceptors (Lipinski definition) is 7. The van der Waals surface area contributed by atoms with Crippen molar-refractivity contribution >= 4 is 24.1 Å². The number of hydrogen-bond donors (Lipinski definition) is 0. The third-order valence-corrected chi connectivity index (χ3v) is 10.4. The molecule has 9 heteroatoms. The van der Waals surface area contributed by atoms with Crippen LogP contribution in [0.4, 0.5) is 0 Å². The van der Waals surface area contributed by atoms with Crippen LogP contribution in [-0.4, -0.2) is 58.1 Å². The summed E-state index contributed by atoms with van der Waals surface area (Å²) >= 11 is 0. The zero-order valence-corrected chi connectivity index (χ0v) is 28.8. The molecule has 3 aliphatic rings. The van der Waals surface area contributed by atoms with Crippen LogP contribution in [0.1, 0.15) is 54.9 Å². The molecule has 1 aliphatic carbocycles. The van der Waals surface area contributed by atoms with E-state index in [1.807, 2.05) is 48.5 Å². The van der Waals surface area contributed by atoms with Crippen molar-refractivity contribution in [3.05, 3.63) is 120 Å². The lowest BCUT2D eigenvalue weighted by molar-refractivity contribution is -0.858. The quantitative estimate of drug-likeness (QED) is 0.155. The summed E-state index contributed by atoms with van der Waals surface area (Å²) in [4.78, 5) is 0. The second kappa shape index (κ2) is 14.0. The van der Waals surface area contributed by atoms with Crippen molar-refractivity contribution in [3.63, 3.8) is 0 Å². The topological polar surface area (TPSA) is 67.7 Å². The minimum Gasteiger partial charge on any atom is -0.618 e. The Kier molecular flexibility index (Phi) is 9.39. The molecule has 0 radical (unpaired) electrons. The molecular formula is C40H45BN2O6. The molecule has 1 saturated heterocycles. The van der Waals surface area contributed by atoms with Gasteiger partial charge in [-0.3, -0.25) is 0 Å². The van der Waals surface area contributed by atoms with Crippen LogP contribution in [0.5, 0.6) is 23.0 Å². The van der Waals surface area contributed by atoms with Crippen LogP contribution < -0.4 is 24.4 Å². The molecule has 0 amide bonds. The highest BCUT2D eigenvalue weighted by Crippen LogP contribution is 2.52. The summed E-state index contributed by atoms with van der Waals surface area (Å²) in [5, 5.41) is 5.70. The maximum Gasteiger partial charge on any atom is 0.583 e. The number of ether oxygens (including phenoxy) is 4. The molecule has 0 aromatic heterocycles. The van der Waals surface area contributed by atoms with Gasteiger partial charge in [0.05, 0.1) is 35.0 Å². The van der Waals surface area contributed by atoms with Crippen LogP contribution in [-0.2, 0) is 9.31 Å². The first-order chi connectivity index (χ1) is 24.0. The van der Waals surface area contributed by atoms with Crippen molar-refractivity contribution in [2.75, 3.05) is 35.0 Å². The van der Waals surface area contributed by atoms with Gasteiger partial charge in [0.2, 0.25) is 11.6 Å². The third-order valence-electron chi connectivity index (χ3n) is 10.4. The molecule has 0 N–H and O–H groups in total. The largest absolute Gasteiger partial charge is 0.618 e. The van der Waals surface area contributed by atoms with E-state index in [2.05, 4.69) is 60.7 Å². The van der Waals surface area contributed by atoms with Crippen molar-refractivity contribution in [1.82, 2.24) is 0 Å². The van der Waals surface area contributed by atoms with Crippen LogP contribution >= 0.6 is 0 Å². The van der Waals surface area contributed by atoms with E-state index in [9.17, 15) is 0 Å². The summed E-state index contributed by atoms with van der Waals surface area (Å²) in [5.74, 6) is 3.32. The highest BCUT2D eigenvalue weighted by Gasteiger charge is 2.71. The Bertz CT molecular complexity index is 1770. The Labute approximate surface area is 289 Å².